The van der Waals surface area contributed by atoms with Crippen molar-refractivity contribution in [2.75, 3.05) is 5.32 Å². The fraction of sp³-hybridized carbons (Fsp3) is 0.167. The molecule has 128 valence electrons. The molecule has 5 nitrogen and oxygen atoms in total. The first-order chi connectivity index (χ1) is 12.1. The van der Waals surface area contributed by atoms with E-state index >= 15 is 0 Å². The van der Waals surface area contributed by atoms with Crippen LogP contribution in [0.4, 0.5) is 10.1 Å². The molecular formula is C18H16FN3O2S. The van der Waals surface area contributed by atoms with Crippen molar-refractivity contribution in [3.05, 3.63) is 66.0 Å². The number of thioether (sulfide) groups is 1. The Labute approximate surface area is 148 Å². The van der Waals surface area contributed by atoms with Crippen LogP contribution in [0.1, 0.15) is 12.0 Å². The second-order valence-corrected chi connectivity index (χ2v) is 6.65. The zero-order chi connectivity index (χ0) is 17.6. The second-order valence-electron chi connectivity index (χ2n) is 5.46. The maximum atomic E-state index is 12.9. The molecule has 0 radical (unpaired) electrons. The number of aliphatic imine (C=N–C) groups is 1. The van der Waals surface area contributed by atoms with Crippen molar-refractivity contribution in [1.82, 2.24) is 5.32 Å². The summed E-state index contributed by atoms with van der Waals surface area (Å²) in [6.07, 6.45) is 0.0260. The van der Waals surface area contributed by atoms with E-state index in [2.05, 4.69) is 15.6 Å². The van der Waals surface area contributed by atoms with Crippen LogP contribution in [0.3, 0.4) is 0 Å². The van der Waals surface area contributed by atoms with E-state index in [1.165, 1.54) is 36.0 Å². The molecule has 2 aromatic rings. The molecule has 7 heteroatoms. The molecule has 1 unspecified atom stereocenters. The molecule has 0 spiro atoms. The van der Waals surface area contributed by atoms with Gasteiger partial charge in [0.2, 0.25) is 11.8 Å². The Bertz CT molecular complexity index is 794. The van der Waals surface area contributed by atoms with Crippen LogP contribution in [0, 0.1) is 5.82 Å². The number of halogens is 1. The predicted octanol–water partition coefficient (Wildman–Crippen LogP) is 2.94. The van der Waals surface area contributed by atoms with Gasteiger partial charge in [-0.25, -0.2) is 4.39 Å². The van der Waals surface area contributed by atoms with Crippen LogP contribution in [-0.2, 0) is 16.1 Å². The Morgan fingerprint density at radius 2 is 1.88 bits per heavy atom. The topological polar surface area (TPSA) is 70.6 Å². The predicted molar refractivity (Wildman–Crippen MR) is 96.7 cm³/mol. The highest BCUT2D eigenvalue weighted by Crippen LogP contribution is 2.23. The van der Waals surface area contributed by atoms with Crippen LogP contribution in [0.2, 0.25) is 0 Å². The van der Waals surface area contributed by atoms with Crippen LogP contribution < -0.4 is 10.6 Å². The number of amides is 2. The van der Waals surface area contributed by atoms with Crippen LogP contribution in [-0.4, -0.2) is 22.2 Å². The summed E-state index contributed by atoms with van der Waals surface area (Å²) >= 11 is 1.25. The molecule has 25 heavy (non-hydrogen) atoms. The number of amidine groups is 1. The number of hydrogen-bond acceptors (Lipinski definition) is 4. The van der Waals surface area contributed by atoms with Gasteiger partial charge < -0.3 is 10.6 Å². The van der Waals surface area contributed by atoms with E-state index in [1.54, 1.807) is 0 Å². The van der Waals surface area contributed by atoms with E-state index in [0.717, 1.165) is 5.56 Å². The number of carbonyl (C=O) groups is 2. The van der Waals surface area contributed by atoms with Gasteiger partial charge >= 0.3 is 0 Å². The first-order valence-corrected chi connectivity index (χ1v) is 8.59. The molecule has 0 bridgehead atoms. The highest BCUT2D eigenvalue weighted by Gasteiger charge is 2.31. The molecule has 1 saturated heterocycles. The van der Waals surface area contributed by atoms with E-state index in [-0.39, 0.29) is 24.1 Å². The number of rotatable bonds is 5. The molecular weight excluding hydrogens is 341 g/mol. The molecule has 2 N–H and O–H groups in total. The first-order valence-electron chi connectivity index (χ1n) is 7.71. The minimum Gasteiger partial charge on any atom is -0.326 e. The van der Waals surface area contributed by atoms with E-state index < -0.39 is 5.25 Å². The summed E-state index contributed by atoms with van der Waals surface area (Å²) in [6.45, 7) is 0.470. The lowest BCUT2D eigenvalue weighted by atomic mass is 10.2. The Morgan fingerprint density at radius 3 is 2.60 bits per heavy atom. The Hall–Kier alpha value is -2.67. The number of nitrogens with zero attached hydrogens (tertiary/aromatic N) is 1. The quantitative estimate of drug-likeness (QED) is 0.864. The van der Waals surface area contributed by atoms with Crippen LogP contribution in [0.5, 0.6) is 0 Å². The normalized spacial score (nSPS) is 18.2. The van der Waals surface area contributed by atoms with Crippen molar-refractivity contribution >= 4 is 34.4 Å². The van der Waals surface area contributed by atoms with Crippen molar-refractivity contribution in [1.29, 1.82) is 0 Å². The molecule has 2 aromatic carbocycles. The largest absolute Gasteiger partial charge is 0.326 e. The minimum absolute atomic E-state index is 0.0260. The van der Waals surface area contributed by atoms with Gasteiger partial charge in [-0.3, -0.25) is 14.6 Å². The third-order valence-corrected chi connectivity index (χ3v) is 4.64. The van der Waals surface area contributed by atoms with Gasteiger partial charge in [-0.2, -0.15) is 0 Å². The average Bonchev–Trinajstić information content (AvgIpc) is 2.96. The summed E-state index contributed by atoms with van der Waals surface area (Å²) in [5.74, 6) is -0.905. The lowest BCUT2D eigenvalue weighted by molar-refractivity contribution is -0.122. The van der Waals surface area contributed by atoms with Gasteiger partial charge in [0.05, 0.1) is 6.54 Å². The maximum absolute atomic E-state index is 12.9. The number of nitrogens with one attached hydrogen (secondary N) is 2. The van der Waals surface area contributed by atoms with Crippen LogP contribution in [0.25, 0.3) is 0 Å². The molecule has 2 amide bonds. The number of hydrogen-bond donors (Lipinski definition) is 2. The van der Waals surface area contributed by atoms with Crippen molar-refractivity contribution in [3.63, 3.8) is 0 Å². The van der Waals surface area contributed by atoms with Gasteiger partial charge in [0.1, 0.15) is 11.1 Å². The Balaban J connectivity index is 1.53. The van der Waals surface area contributed by atoms with E-state index in [9.17, 15) is 14.0 Å². The Morgan fingerprint density at radius 1 is 1.16 bits per heavy atom. The molecule has 3 rings (SSSR count). The van der Waals surface area contributed by atoms with Gasteiger partial charge in [0.25, 0.3) is 0 Å². The molecule has 0 aromatic heterocycles. The van der Waals surface area contributed by atoms with Crippen LogP contribution >= 0.6 is 11.8 Å². The van der Waals surface area contributed by atoms with Crippen molar-refractivity contribution in [2.24, 2.45) is 4.99 Å². The zero-order valence-electron chi connectivity index (χ0n) is 13.2. The smallest absolute Gasteiger partial charge is 0.240 e. The number of benzene rings is 2. The third kappa shape index (κ3) is 4.90. The molecule has 1 heterocycles. The van der Waals surface area contributed by atoms with E-state index in [0.29, 0.717) is 17.4 Å². The molecule has 0 aliphatic carbocycles. The second kappa shape index (κ2) is 7.94. The first kappa shape index (κ1) is 17.2. The average molecular weight is 357 g/mol. The maximum Gasteiger partial charge on any atom is 0.240 e. The van der Waals surface area contributed by atoms with Gasteiger partial charge in [0, 0.05) is 12.1 Å². The van der Waals surface area contributed by atoms with Gasteiger partial charge in [-0.05, 0) is 29.8 Å². The summed E-state index contributed by atoms with van der Waals surface area (Å²) in [5.41, 5.74) is 1.54. The third-order valence-electron chi connectivity index (χ3n) is 3.52. The van der Waals surface area contributed by atoms with Crippen molar-refractivity contribution in [3.8, 4) is 0 Å². The van der Waals surface area contributed by atoms with E-state index in [4.69, 9.17) is 0 Å². The van der Waals surface area contributed by atoms with E-state index in [1.807, 2.05) is 30.3 Å². The van der Waals surface area contributed by atoms with Gasteiger partial charge in [-0.1, -0.05) is 42.1 Å². The summed E-state index contributed by atoms with van der Waals surface area (Å²) in [6, 6.07) is 15.2. The lowest BCUT2D eigenvalue weighted by Crippen LogP contribution is -2.28. The molecule has 0 saturated carbocycles. The minimum atomic E-state index is -0.519. The summed E-state index contributed by atoms with van der Waals surface area (Å²) in [7, 11) is 0. The summed E-state index contributed by atoms with van der Waals surface area (Å²) < 4.78 is 12.9. The molecule has 1 aliphatic rings. The standard InChI is InChI=1S/C18H16FN3O2S/c19-13-6-8-14(9-7-13)21-16(23)10-15-17(24)22-18(25-15)20-11-12-4-2-1-3-5-12/h1-9,15H,10-11H2,(H,21,23)(H,20,22,24). The summed E-state index contributed by atoms with van der Waals surface area (Å²) in [5, 5.41) is 5.35. The van der Waals surface area contributed by atoms with Gasteiger partial charge in [0.15, 0.2) is 5.17 Å². The number of anilines is 1. The monoisotopic (exact) mass is 357 g/mol. The Kier molecular flexibility index (Phi) is 5.45. The lowest BCUT2D eigenvalue weighted by Gasteiger charge is -2.07. The zero-order valence-corrected chi connectivity index (χ0v) is 14.1. The van der Waals surface area contributed by atoms with Crippen molar-refractivity contribution in [2.45, 2.75) is 18.2 Å². The van der Waals surface area contributed by atoms with Gasteiger partial charge in [-0.15, -0.1) is 0 Å². The fourth-order valence-corrected chi connectivity index (χ4v) is 3.24. The highest BCUT2D eigenvalue weighted by molar-refractivity contribution is 8.15. The summed E-state index contributed by atoms with van der Waals surface area (Å²) in [4.78, 5) is 28.4. The SMILES string of the molecule is O=C(CC1SC(=NCc2ccccc2)NC1=O)Nc1ccc(F)cc1. The highest BCUT2D eigenvalue weighted by atomic mass is 32.2. The van der Waals surface area contributed by atoms with Crippen LogP contribution in [0.15, 0.2) is 59.6 Å². The van der Waals surface area contributed by atoms with Crippen molar-refractivity contribution < 1.29 is 14.0 Å². The molecule has 1 atom stereocenters. The fourth-order valence-electron chi connectivity index (χ4n) is 2.27. The molecule has 1 aliphatic heterocycles. The molecule has 1 fully saturated rings. The number of carbonyl (C=O) groups excluding carboxylic acids is 2.